The molecule has 0 aliphatic carbocycles. The van der Waals surface area contributed by atoms with Gasteiger partial charge in [-0.2, -0.15) is 0 Å². The Bertz CT molecular complexity index is 498. The monoisotopic (exact) mass is 289 g/mol. The highest BCUT2D eigenvalue weighted by Crippen LogP contribution is 2.27. The Hall–Kier alpha value is -1.19. The number of carbonyl (C=O) groups is 1. The van der Waals surface area contributed by atoms with Crippen molar-refractivity contribution in [2.45, 2.75) is 71.7 Å². The second-order valence-corrected chi connectivity index (χ2v) is 6.13. The molecule has 2 rings (SSSR count). The SMILES string of the molecule is CCc1ccc2c(c1)CN(C(CCC(O)CC)C(C)=O)C2. The fourth-order valence-corrected chi connectivity index (χ4v) is 3.11. The number of aliphatic hydroxyl groups excluding tert-OH is 1. The van der Waals surface area contributed by atoms with Crippen LogP contribution < -0.4 is 0 Å². The fourth-order valence-electron chi connectivity index (χ4n) is 3.11. The number of Topliss-reactive ketones (excluding diaryl/α,β-unsaturated/α-hetero) is 1. The molecule has 1 aromatic rings. The van der Waals surface area contributed by atoms with Crippen LogP contribution in [0.3, 0.4) is 0 Å². The molecular formula is C18H27NO2. The molecule has 1 aliphatic heterocycles. The highest BCUT2D eigenvalue weighted by Gasteiger charge is 2.28. The largest absolute Gasteiger partial charge is 0.393 e. The van der Waals surface area contributed by atoms with E-state index in [2.05, 4.69) is 30.0 Å². The van der Waals surface area contributed by atoms with E-state index < -0.39 is 0 Å². The van der Waals surface area contributed by atoms with E-state index in [0.29, 0.717) is 6.42 Å². The van der Waals surface area contributed by atoms with Crippen LogP contribution in [0.1, 0.15) is 56.7 Å². The number of aliphatic hydroxyl groups is 1. The van der Waals surface area contributed by atoms with Gasteiger partial charge in [0.15, 0.2) is 0 Å². The molecule has 2 unspecified atom stereocenters. The highest BCUT2D eigenvalue weighted by atomic mass is 16.3. The van der Waals surface area contributed by atoms with Gasteiger partial charge < -0.3 is 5.11 Å². The number of hydrogen-bond donors (Lipinski definition) is 1. The van der Waals surface area contributed by atoms with Crippen molar-refractivity contribution in [3.8, 4) is 0 Å². The summed E-state index contributed by atoms with van der Waals surface area (Å²) in [6.07, 6.45) is 2.97. The normalized spacial score (nSPS) is 17.5. The molecule has 1 aliphatic rings. The maximum absolute atomic E-state index is 12.0. The number of ketones is 1. The number of benzene rings is 1. The number of nitrogens with zero attached hydrogens (tertiary/aromatic N) is 1. The third-order valence-corrected chi connectivity index (χ3v) is 4.58. The molecule has 1 aromatic carbocycles. The molecule has 0 saturated carbocycles. The lowest BCUT2D eigenvalue weighted by atomic mass is 10.0. The summed E-state index contributed by atoms with van der Waals surface area (Å²) in [5.41, 5.74) is 4.06. The van der Waals surface area contributed by atoms with Gasteiger partial charge in [0.2, 0.25) is 0 Å². The van der Waals surface area contributed by atoms with Gasteiger partial charge in [0, 0.05) is 13.1 Å². The van der Waals surface area contributed by atoms with E-state index in [-0.39, 0.29) is 17.9 Å². The van der Waals surface area contributed by atoms with Crippen LogP contribution in [-0.2, 0) is 24.3 Å². The zero-order chi connectivity index (χ0) is 15.4. The number of aryl methyl sites for hydroxylation is 1. The quantitative estimate of drug-likeness (QED) is 0.838. The summed E-state index contributed by atoms with van der Waals surface area (Å²) in [4.78, 5) is 14.2. The first-order valence-electron chi connectivity index (χ1n) is 8.08. The van der Waals surface area contributed by atoms with Crippen molar-refractivity contribution < 1.29 is 9.90 Å². The molecule has 116 valence electrons. The van der Waals surface area contributed by atoms with Crippen LogP contribution in [0.2, 0.25) is 0 Å². The van der Waals surface area contributed by atoms with Crippen LogP contribution in [-0.4, -0.2) is 27.9 Å². The first-order valence-corrected chi connectivity index (χ1v) is 8.08. The molecule has 0 bridgehead atoms. The standard InChI is InChI=1S/C18H27NO2/c1-4-14-6-7-15-11-19(12-16(15)10-14)18(13(3)20)9-8-17(21)5-2/h6-7,10,17-18,21H,4-5,8-9,11-12H2,1-3H3. The fraction of sp³-hybridized carbons (Fsp3) is 0.611. The molecule has 3 nitrogen and oxygen atoms in total. The minimum atomic E-state index is -0.288. The third-order valence-electron chi connectivity index (χ3n) is 4.58. The maximum atomic E-state index is 12.0. The average molecular weight is 289 g/mol. The zero-order valence-electron chi connectivity index (χ0n) is 13.4. The molecular weight excluding hydrogens is 262 g/mol. The topological polar surface area (TPSA) is 40.5 Å². The number of carbonyl (C=O) groups excluding carboxylic acids is 1. The predicted octanol–water partition coefficient (Wildman–Crippen LogP) is 3.07. The summed E-state index contributed by atoms with van der Waals surface area (Å²) in [7, 11) is 0. The molecule has 1 heterocycles. The first-order chi connectivity index (χ1) is 10.0. The van der Waals surface area contributed by atoms with Crippen molar-refractivity contribution in [2.24, 2.45) is 0 Å². The van der Waals surface area contributed by atoms with Crippen LogP contribution in [0.4, 0.5) is 0 Å². The van der Waals surface area contributed by atoms with Crippen molar-refractivity contribution >= 4 is 5.78 Å². The molecule has 2 atom stereocenters. The summed E-state index contributed by atoms with van der Waals surface area (Å²) in [6, 6.07) is 6.59. The molecule has 0 aromatic heterocycles. The van der Waals surface area contributed by atoms with E-state index in [1.807, 2.05) is 6.92 Å². The Morgan fingerprint density at radius 2 is 1.95 bits per heavy atom. The second kappa shape index (κ2) is 7.19. The Morgan fingerprint density at radius 1 is 1.24 bits per heavy atom. The summed E-state index contributed by atoms with van der Waals surface area (Å²) in [5, 5.41) is 9.74. The van der Waals surface area contributed by atoms with Crippen LogP contribution >= 0.6 is 0 Å². The zero-order valence-corrected chi connectivity index (χ0v) is 13.4. The van der Waals surface area contributed by atoms with Gasteiger partial charge in [-0.1, -0.05) is 32.0 Å². The first kappa shape index (κ1) is 16.2. The minimum Gasteiger partial charge on any atom is -0.393 e. The van der Waals surface area contributed by atoms with Gasteiger partial charge >= 0.3 is 0 Å². The third kappa shape index (κ3) is 3.92. The lowest BCUT2D eigenvalue weighted by Crippen LogP contribution is -2.37. The van der Waals surface area contributed by atoms with Gasteiger partial charge in [-0.3, -0.25) is 9.69 Å². The van der Waals surface area contributed by atoms with E-state index in [4.69, 9.17) is 0 Å². The van der Waals surface area contributed by atoms with E-state index in [1.54, 1.807) is 6.92 Å². The van der Waals surface area contributed by atoms with Crippen molar-refractivity contribution in [3.63, 3.8) is 0 Å². The summed E-state index contributed by atoms with van der Waals surface area (Å²) < 4.78 is 0. The van der Waals surface area contributed by atoms with Crippen molar-refractivity contribution in [1.29, 1.82) is 0 Å². The smallest absolute Gasteiger partial charge is 0.146 e. The minimum absolute atomic E-state index is 0.0660. The van der Waals surface area contributed by atoms with E-state index in [1.165, 1.54) is 16.7 Å². The summed E-state index contributed by atoms with van der Waals surface area (Å²) >= 11 is 0. The van der Waals surface area contributed by atoms with Gasteiger partial charge in [0.1, 0.15) is 5.78 Å². The molecule has 0 amide bonds. The van der Waals surface area contributed by atoms with Gasteiger partial charge in [-0.05, 0) is 49.3 Å². The average Bonchev–Trinajstić information content (AvgIpc) is 2.88. The number of rotatable bonds is 7. The Kier molecular flexibility index (Phi) is 5.54. The highest BCUT2D eigenvalue weighted by molar-refractivity contribution is 5.81. The Morgan fingerprint density at radius 3 is 2.57 bits per heavy atom. The van der Waals surface area contributed by atoms with Crippen molar-refractivity contribution in [3.05, 3.63) is 34.9 Å². The Balaban J connectivity index is 2.05. The molecule has 3 heteroatoms. The van der Waals surface area contributed by atoms with Crippen LogP contribution in [0.15, 0.2) is 18.2 Å². The lowest BCUT2D eigenvalue weighted by molar-refractivity contribution is -0.122. The molecule has 0 saturated heterocycles. The van der Waals surface area contributed by atoms with Gasteiger partial charge in [0.05, 0.1) is 12.1 Å². The molecule has 0 spiro atoms. The van der Waals surface area contributed by atoms with Crippen LogP contribution in [0, 0.1) is 0 Å². The van der Waals surface area contributed by atoms with Gasteiger partial charge in [-0.25, -0.2) is 0 Å². The molecule has 0 radical (unpaired) electrons. The summed E-state index contributed by atoms with van der Waals surface area (Å²) in [6.45, 7) is 7.52. The van der Waals surface area contributed by atoms with Gasteiger partial charge in [0.25, 0.3) is 0 Å². The number of hydrogen-bond acceptors (Lipinski definition) is 3. The van der Waals surface area contributed by atoms with Crippen LogP contribution in [0.25, 0.3) is 0 Å². The number of fused-ring (bicyclic) bond motifs is 1. The van der Waals surface area contributed by atoms with Gasteiger partial charge in [-0.15, -0.1) is 0 Å². The molecule has 21 heavy (non-hydrogen) atoms. The van der Waals surface area contributed by atoms with Crippen molar-refractivity contribution in [2.75, 3.05) is 0 Å². The van der Waals surface area contributed by atoms with E-state index in [0.717, 1.165) is 32.4 Å². The predicted molar refractivity (Wildman–Crippen MR) is 85.1 cm³/mol. The van der Waals surface area contributed by atoms with E-state index >= 15 is 0 Å². The van der Waals surface area contributed by atoms with Crippen molar-refractivity contribution in [1.82, 2.24) is 4.90 Å². The van der Waals surface area contributed by atoms with E-state index in [9.17, 15) is 9.90 Å². The van der Waals surface area contributed by atoms with Crippen LogP contribution in [0.5, 0.6) is 0 Å². The molecule has 1 N–H and O–H groups in total. The summed E-state index contributed by atoms with van der Waals surface area (Å²) in [5.74, 6) is 0.210. The lowest BCUT2D eigenvalue weighted by Gasteiger charge is -2.26. The second-order valence-electron chi connectivity index (χ2n) is 6.13. The Labute approximate surface area is 128 Å². The maximum Gasteiger partial charge on any atom is 0.146 e. The molecule has 0 fully saturated rings.